The zero-order chi connectivity index (χ0) is 19.8. The van der Waals surface area contributed by atoms with Crippen molar-refractivity contribution in [3.63, 3.8) is 0 Å². The van der Waals surface area contributed by atoms with Crippen molar-refractivity contribution < 1.29 is 23.8 Å². The van der Waals surface area contributed by atoms with Gasteiger partial charge in [-0.15, -0.1) is 0 Å². The maximum Gasteiger partial charge on any atom is 0.325 e. The number of nitrogens with zero attached hydrogens (tertiary/aromatic N) is 1. The molecule has 0 saturated carbocycles. The Bertz CT molecular complexity index is 642. The van der Waals surface area contributed by atoms with Gasteiger partial charge in [-0.1, -0.05) is 0 Å². The molecule has 2 atom stereocenters. The van der Waals surface area contributed by atoms with Crippen LogP contribution in [0.2, 0.25) is 0 Å². The van der Waals surface area contributed by atoms with Crippen LogP contribution in [0.5, 0.6) is 11.5 Å². The van der Waals surface area contributed by atoms with Crippen LogP contribution in [0.4, 0.5) is 10.5 Å². The summed E-state index contributed by atoms with van der Waals surface area (Å²) in [6, 6.07) is 4.51. The highest BCUT2D eigenvalue weighted by Gasteiger charge is 2.24. The second kappa shape index (κ2) is 10.1. The number of hydrogen-bond donors (Lipinski definition) is 2. The number of hydrogen-bond acceptors (Lipinski definition) is 6. The van der Waals surface area contributed by atoms with Crippen LogP contribution in [-0.2, 0) is 9.53 Å². The van der Waals surface area contributed by atoms with E-state index >= 15 is 0 Å². The average Bonchev–Trinajstić information content (AvgIpc) is 2.56. The Morgan fingerprint density at radius 2 is 1.74 bits per heavy atom. The van der Waals surface area contributed by atoms with Crippen LogP contribution in [0.15, 0.2) is 18.2 Å². The molecule has 0 bridgehead atoms. The maximum atomic E-state index is 12.1. The van der Waals surface area contributed by atoms with E-state index in [1.165, 1.54) is 0 Å². The first kappa shape index (κ1) is 21.0. The molecule has 150 valence electrons. The second-order valence-electron chi connectivity index (χ2n) is 6.48. The van der Waals surface area contributed by atoms with E-state index in [2.05, 4.69) is 10.6 Å². The molecule has 2 N–H and O–H groups in total. The van der Waals surface area contributed by atoms with E-state index in [1.54, 1.807) is 18.2 Å². The lowest BCUT2D eigenvalue weighted by molar-refractivity contribution is -0.124. The van der Waals surface area contributed by atoms with E-state index in [0.29, 0.717) is 43.5 Å². The minimum absolute atomic E-state index is 0.0659. The number of nitrogens with one attached hydrogen (secondary N) is 2. The first-order valence-electron chi connectivity index (χ1n) is 9.29. The molecule has 0 spiro atoms. The van der Waals surface area contributed by atoms with E-state index in [4.69, 9.17) is 14.2 Å². The lowest BCUT2D eigenvalue weighted by Gasteiger charge is -2.34. The number of ether oxygens (including phenoxy) is 3. The van der Waals surface area contributed by atoms with E-state index < -0.39 is 6.03 Å². The Morgan fingerprint density at radius 3 is 2.37 bits per heavy atom. The van der Waals surface area contributed by atoms with E-state index in [-0.39, 0.29) is 24.7 Å². The van der Waals surface area contributed by atoms with Crippen LogP contribution in [-0.4, -0.2) is 61.9 Å². The largest absolute Gasteiger partial charge is 0.490 e. The summed E-state index contributed by atoms with van der Waals surface area (Å²) in [6.45, 7) is 10.2. The van der Waals surface area contributed by atoms with Crippen molar-refractivity contribution in [1.29, 1.82) is 0 Å². The van der Waals surface area contributed by atoms with Crippen molar-refractivity contribution in [2.75, 3.05) is 38.2 Å². The third-order valence-corrected chi connectivity index (χ3v) is 3.92. The lowest BCUT2D eigenvalue weighted by Crippen LogP contribution is -2.50. The zero-order valence-electron chi connectivity index (χ0n) is 16.4. The fraction of sp³-hybridized carbons (Fsp3) is 0.579. The predicted octanol–water partition coefficient (Wildman–Crippen LogP) is 2.24. The molecule has 3 amide bonds. The van der Waals surface area contributed by atoms with Gasteiger partial charge in [0.15, 0.2) is 11.5 Å². The molecule has 8 heteroatoms. The van der Waals surface area contributed by atoms with Crippen molar-refractivity contribution in [3.05, 3.63) is 18.2 Å². The van der Waals surface area contributed by atoms with Crippen molar-refractivity contribution in [1.82, 2.24) is 10.2 Å². The van der Waals surface area contributed by atoms with E-state index in [9.17, 15) is 9.59 Å². The summed E-state index contributed by atoms with van der Waals surface area (Å²) in [5.74, 6) is 0.793. The molecule has 1 aliphatic rings. The van der Waals surface area contributed by atoms with Gasteiger partial charge in [0.05, 0.1) is 32.0 Å². The number of morpholine rings is 1. The predicted molar refractivity (Wildman–Crippen MR) is 102 cm³/mol. The molecule has 1 saturated heterocycles. The number of imide groups is 1. The fourth-order valence-electron chi connectivity index (χ4n) is 3.07. The van der Waals surface area contributed by atoms with E-state index in [1.807, 2.05) is 32.6 Å². The van der Waals surface area contributed by atoms with Gasteiger partial charge >= 0.3 is 6.03 Å². The first-order valence-corrected chi connectivity index (χ1v) is 9.29. The summed E-state index contributed by atoms with van der Waals surface area (Å²) in [5, 5.41) is 5.00. The van der Waals surface area contributed by atoms with Gasteiger partial charge in [-0.3, -0.25) is 15.0 Å². The smallest absolute Gasteiger partial charge is 0.325 e. The molecular weight excluding hydrogens is 350 g/mol. The van der Waals surface area contributed by atoms with Crippen molar-refractivity contribution in [2.24, 2.45) is 0 Å². The Labute approximate surface area is 160 Å². The second-order valence-corrected chi connectivity index (χ2v) is 6.48. The third-order valence-electron chi connectivity index (χ3n) is 3.92. The monoisotopic (exact) mass is 379 g/mol. The van der Waals surface area contributed by atoms with Crippen LogP contribution >= 0.6 is 0 Å². The number of benzene rings is 1. The molecule has 2 rings (SSSR count). The molecule has 0 radical (unpaired) electrons. The minimum Gasteiger partial charge on any atom is -0.490 e. The molecule has 1 aromatic carbocycles. The molecule has 1 aliphatic heterocycles. The summed E-state index contributed by atoms with van der Waals surface area (Å²) in [4.78, 5) is 26.2. The Hall–Kier alpha value is -2.32. The van der Waals surface area contributed by atoms with Gasteiger partial charge in [-0.2, -0.15) is 0 Å². The number of urea groups is 1. The van der Waals surface area contributed by atoms with Gasteiger partial charge in [0.1, 0.15) is 0 Å². The van der Waals surface area contributed by atoms with Crippen molar-refractivity contribution in [2.45, 2.75) is 39.9 Å². The Balaban J connectivity index is 1.89. The van der Waals surface area contributed by atoms with Gasteiger partial charge < -0.3 is 19.5 Å². The van der Waals surface area contributed by atoms with Crippen LogP contribution in [0.3, 0.4) is 0 Å². The minimum atomic E-state index is -0.582. The van der Waals surface area contributed by atoms with Crippen LogP contribution in [0.1, 0.15) is 27.7 Å². The highest BCUT2D eigenvalue weighted by atomic mass is 16.5. The fourth-order valence-corrected chi connectivity index (χ4v) is 3.07. The van der Waals surface area contributed by atoms with E-state index in [0.717, 1.165) is 0 Å². The Kier molecular flexibility index (Phi) is 7.87. The van der Waals surface area contributed by atoms with Crippen LogP contribution < -0.4 is 20.1 Å². The topological polar surface area (TPSA) is 89.1 Å². The van der Waals surface area contributed by atoms with Crippen molar-refractivity contribution in [3.8, 4) is 11.5 Å². The molecular formula is C19H29N3O5. The summed E-state index contributed by atoms with van der Waals surface area (Å²) in [6.07, 6.45) is 0.132. The number of carbonyl (C=O) groups is 2. The molecule has 27 heavy (non-hydrogen) atoms. The standard InChI is InChI=1S/C19H29N3O5/c1-5-25-16-8-7-15(9-17(16)26-6-2)20-19(24)21-18(23)12-22-10-13(3)27-14(4)11-22/h7-9,13-14H,5-6,10-12H2,1-4H3,(H2,20,21,23,24)/t13-,14+. The van der Waals surface area contributed by atoms with Gasteiger partial charge in [0, 0.05) is 24.8 Å². The number of carbonyl (C=O) groups excluding carboxylic acids is 2. The molecule has 0 aromatic heterocycles. The Morgan fingerprint density at radius 1 is 1.11 bits per heavy atom. The summed E-state index contributed by atoms with van der Waals surface area (Å²) in [5.41, 5.74) is 0.515. The molecule has 1 heterocycles. The van der Waals surface area contributed by atoms with Gasteiger partial charge in [0.2, 0.25) is 5.91 Å². The summed E-state index contributed by atoms with van der Waals surface area (Å²) < 4.78 is 16.7. The normalized spacial score (nSPS) is 20.0. The number of rotatable bonds is 7. The third kappa shape index (κ3) is 6.73. The lowest BCUT2D eigenvalue weighted by atomic mass is 10.2. The van der Waals surface area contributed by atoms with Gasteiger partial charge in [0.25, 0.3) is 0 Å². The summed E-state index contributed by atoms with van der Waals surface area (Å²) >= 11 is 0. The highest BCUT2D eigenvalue weighted by molar-refractivity contribution is 6.01. The van der Waals surface area contributed by atoms with Crippen molar-refractivity contribution >= 4 is 17.6 Å². The molecule has 0 unspecified atom stereocenters. The highest BCUT2D eigenvalue weighted by Crippen LogP contribution is 2.30. The first-order chi connectivity index (χ1) is 12.9. The molecule has 1 fully saturated rings. The van der Waals surface area contributed by atoms with Crippen LogP contribution in [0, 0.1) is 0 Å². The quantitative estimate of drug-likeness (QED) is 0.755. The van der Waals surface area contributed by atoms with Gasteiger partial charge in [-0.25, -0.2) is 4.79 Å². The number of anilines is 1. The molecule has 8 nitrogen and oxygen atoms in total. The average molecular weight is 379 g/mol. The SMILES string of the molecule is CCOc1ccc(NC(=O)NC(=O)CN2C[C@@H](C)O[C@@H](C)C2)cc1OCC. The summed E-state index contributed by atoms with van der Waals surface area (Å²) in [7, 11) is 0. The van der Waals surface area contributed by atoms with Gasteiger partial charge in [-0.05, 0) is 39.8 Å². The zero-order valence-corrected chi connectivity index (χ0v) is 16.4. The van der Waals surface area contributed by atoms with Crippen LogP contribution in [0.25, 0.3) is 0 Å². The maximum absolute atomic E-state index is 12.1. The molecule has 1 aromatic rings. The number of amides is 3. The molecule has 0 aliphatic carbocycles.